The molecule has 0 atom stereocenters. The Morgan fingerprint density at radius 1 is 0.750 bits per heavy atom. The van der Waals surface area contributed by atoms with Gasteiger partial charge in [0.15, 0.2) is 0 Å². The predicted octanol–water partition coefficient (Wildman–Crippen LogP) is 1.17. The second-order valence-corrected chi connectivity index (χ2v) is 3.37. The third kappa shape index (κ3) is 3.98. The molecule has 0 aliphatic heterocycles. The van der Waals surface area contributed by atoms with Gasteiger partial charge in [-0.3, -0.25) is 0 Å². The lowest BCUT2D eigenvalue weighted by atomic mass is 10.1. The van der Waals surface area contributed by atoms with Gasteiger partial charge in [0.1, 0.15) is 6.10 Å². The average Bonchev–Trinajstić information content (AvgIpc) is 2.38. The number of hydrogen-bond donors (Lipinski definition) is 3. The molecule has 2 aromatic carbocycles. The van der Waals surface area contributed by atoms with Crippen LogP contribution in [0.4, 0.5) is 0 Å². The minimum atomic E-state index is -0.954. The van der Waals surface area contributed by atoms with Crippen molar-refractivity contribution >= 4 is 10.8 Å². The van der Waals surface area contributed by atoms with Gasteiger partial charge in [-0.1, -0.05) is 48.5 Å². The van der Waals surface area contributed by atoms with E-state index in [1.54, 1.807) is 0 Å². The van der Waals surface area contributed by atoms with E-state index in [-0.39, 0.29) is 13.2 Å². The largest absolute Gasteiger partial charge is 0.394 e. The molecule has 0 bridgehead atoms. The van der Waals surface area contributed by atoms with E-state index in [0.29, 0.717) is 0 Å². The van der Waals surface area contributed by atoms with Crippen molar-refractivity contribution in [2.75, 3.05) is 13.2 Å². The molecule has 3 N–H and O–H groups in total. The standard InChI is InChI=1S/C10H8.C3H8O3/c1-2-6-10-8-4-3-7-9(10)5-1;4-1-3(6)2-5/h1-8H;3-6H,1-2H2. The molecule has 0 spiro atoms. The van der Waals surface area contributed by atoms with Gasteiger partial charge >= 0.3 is 0 Å². The molecule has 3 nitrogen and oxygen atoms in total. The van der Waals surface area contributed by atoms with Crippen LogP contribution >= 0.6 is 0 Å². The second-order valence-electron chi connectivity index (χ2n) is 3.37. The molecule has 0 unspecified atom stereocenters. The first-order valence-electron chi connectivity index (χ1n) is 5.11. The van der Waals surface area contributed by atoms with Crippen LogP contribution in [0, 0.1) is 0 Å². The van der Waals surface area contributed by atoms with E-state index in [9.17, 15) is 0 Å². The van der Waals surface area contributed by atoms with Crippen molar-refractivity contribution in [3.8, 4) is 0 Å². The molecule has 0 aromatic heterocycles. The molecule has 0 saturated heterocycles. The van der Waals surface area contributed by atoms with E-state index >= 15 is 0 Å². The van der Waals surface area contributed by atoms with Gasteiger partial charge in [-0.25, -0.2) is 0 Å². The third-order valence-electron chi connectivity index (χ3n) is 2.08. The Labute approximate surface area is 94.6 Å². The van der Waals surface area contributed by atoms with Crippen LogP contribution in [0.2, 0.25) is 0 Å². The molecule has 0 radical (unpaired) electrons. The van der Waals surface area contributed by atoms with Crippen LogP contribution in [0.25, 0.3) is 10.8 Å². The first-order valence-corrected chi connectivity index (χ1v) is 5.11. The van der Waals surface area contributed by atoms with E-state index < -0.39 is 6.10 Å². The summed E-state index contributed by atoms with van der Waals surface area (Å²) in [5, 5.41) is 26.6. The van der Waals surface area contributed by atoms with Crippen LogP contribution in [0.3, 0.4) is 0 Å². The lowest BCUT2D eigenvalue weighted by Gasteiger charge is -1.96. The van der Waals surface area contributed by atoms with Gasteiger partial charge in [0.05, 0.1) is 13.2 Å². The Morgan fingerprint density at radius 2 is 1.06 bits per heavy atom. The summed E-state index contributed by atoms with van der Waals surface area (Å²) >= 11 is 0. The Balaban J connectivity index is 0.000000187. The topological polar surface area (TPSA) is 60.7 Å². The number of hydrogen-bond acceptors (Lipinski definition) is 3. The molecule has 0 fully saturated rings. The zero-order valence-corrected chi connectivity index (χ0v) is 8.95. The summed E-state index contributed by atoms with van der Waals surface area (Å²) in [5.74, 6) is 0. The van der Waals surface area contributed by atoms with Crippen molar-refractivity contribution in [2.45, 2.75) is 6.10 Å². The van der Waals surface area contributed by atoms with Crippen molar-refractivity contribution in [3.05, 3.63) is 48.5 Å². The van der Waals surface area contributed by atoms with Crippen molar-refractivity contribution in [1.82, 2.24) is 0 Å². The molecular weight excluding hydrogens is 204 g/mol. The van der Waals surface area contributed by atoms with Gasteiger partial charge in [-0.05, 0) is 10.8 Å². The van der Waals surface area contributed by atoms with Crippen molar-refractivity contribution in [3.63, 3.8) is 0 Å². The Kier molecular flexibility index (Phi) is 5.50. The maximum Gasteiger partial charge on any atom is 0.100 e. The molecule has 0 amide bonds. The quantitative estimate of drug-likeness (QED) is 0.712. The first-order chi connectivity index (χ1) is 7.77. The molecule has 0 aliphatic rings. The molecule has 2 aromatic rings. The van der Waals surface area contributed by atoms with Crippen LogP contribution < -0.4 is 0 Å². The van der Waals surface area contributed by atoms with Gasteiger partial charge in [-0.15, -0.1) is 0 Å². The molecule has 16 heavy (non-hydrogen) atoms. The number of benzene rings is 2. The number of aliphatic hydroxyl groups is 3. The molecule has 3 heteroatoms. The molecule has 0 heterocycles. The van der Waals surface area contributed by atoms with Crippen LogP contribution in [0.5, 0.6) is 0 Å². The monoisotopic (exact) mass is 220 g/mol. The van der Waals surface area contributed by atoms with Crippen molar-refractivity contribution < 1.29 is 15.3 Å². The lowest BCUT2D eigenvalue weighted by molar-refractivity contribution is 0.0450. The summed E-state index contributed by atoms with van der Waals surface area (Å²) < 4.78 is 0. The lowest BCUT2D eigenvalue weighted by Crippen LogP contribution is -2.15. The highest BCUT2D eigenvalue weighted by molar-refractivity contribution is 5.81. The predicted molar refractivity (Wildman–Crippen MR) is 64.1 cm³/mol. The van der Waals surface area contributed by atoms with Gasteiger partial charge in [-0.2, -0.15) is 0 Å². The highest BCUT2D eigenvalue weighted by atomic mass is 16.3. The van der Waals surface area contributed by atoms with E-state index in [0.717, 1.165) is 0 Å². The van der Waals surface area contributed by atoms with Gasteiger partial charge in [0.2, 0.25) is 0 Å². The Hall–Kier alpha value is -1.42. The van der Waals surface area contributed by atoms with Gasteiger partial charge in [0, 0.05) is 0 Å². The minimum Gasteiger partial charge on any atom is -0.394 e. The summed E-state index contributed by atoms with van der Waals surface area (Å²) in [6.07, 6.45) is -0.954. The highest BCUT2D eigenvalue weighted by Gasteiger charge is 1.93. The zero-order valence-electron chi connectivity index (χ0n) is 8.95. The van der Waals surface area contributed by atoms with Gasteiger partial charge in [0.25, 0.3) is 0 Å². The minimum absolute atomic E-state index is 0.365. The first kappa shape index (κ1) is 12.6. The summed E-state index contributed by atoms with van der Waals surface area (Å²) in [5.41, 5.74) is 0. The summed E-state index contributed by atoms with van der Waals surface area (Å²) in [6.45, 7) is -0.729. The summed E-state index contributed by atoms with van der Waals surface area (Å²) in [6, 6.07) is 16.7. The average molecular weight is 220 g/mol. The maximum atomic E-state index is 8.17. The third-order valence-corrected chi connectivity index (χ3v) is 2.08. The molecule has 0 saturated carbocycles. The fourth-order valence-corrected chi connectivity index (χ4v) is 1.19. The fourth-order valence-electron chi connectivity index (χ4n) is 1.19. The van der Waals surface area contributed by atoms with Gasteiger partial charge < -0.3 is 15.3 Å². The van der Waals surface area contributed by atoms with Crippen molar-refractivity contribution in [2.24, 2.45) is 0 Å². The fraction of sp³-hybridized carbons (Fsp3) is 0.231. The molecular formula is C13H16O3. The molecule has 2 rings (SSSR count). The highest BCUT2D eigenvalue weighted by Crippen LogP contribution is 2.11. The number of rotatable bonds is 2. The molecule has 86 valence electrons. The number of fused-ring (bicyclic) bond motifs is 1. The summed E-state index contributed by atoms with van der Waals surface area (Å²) in [4.78, 5) is 0. The molecule has 0 aliphatic carbocycles. The smallest absolute Gasteiger partial charge is 0.100 e. The SMILES string of the molecule is OCC(O)CO.c1ccc2ccccc2c1. The van der Waals surface area contributed by atoms with E-state index in [1.807, 2.05) is 0 Å². The van der Waals surface area contributed by atoms with Crippen LogP contribution in [0.15, 0.2) is 48.5 Å². The normalized spacial score (nSPS) is 10.0. The van der Waals surface area contributed by atoms with E-state index in [2.05, 4.69) is 48.5 Å². The Bertz CT molecular complexity index is 345. The zero-order chi connectivity index (χ0) is 11.8. The second kappa shape index (κ2) is 6.95. The van der Waals surface area contributed by atoms with Crippen LogP contribution in [-0.4, -0.2) is 34.6 Å². The Morgan fingerprint density at radius 3 is 1.25 bits per heavy atom. The number of aliphatic hydroxyl groups excluding tert-OH is 3. The van der Waals surface area contributed by atoms with Crippen LogP contribution in [0.1, 0.15) is 0 Å². The van der Waals surface area contributed by atoms with E-state index in [4.69, 9.17) is 15.3 Å². The van der Waals surface area contributed by atoms with Crippen molar-refractivity contribution in [1.29, 1.82) is 0 Å². The maximum absolute atomic E-state index is 8.17. The summed E-state index contributed by atoms with van der Waals surface area (Å²) in [7, 11) is 0. The van der Waals surface area contributed by atoms with Crippen LogP contribution in [-0.2, 0) is 0 Å². The van der Waals surface area contributed by atoms with E-state index in [1.165, 1.54) is 10.8 Å².